The molecule has 1 aromatic heterocycles. The van der Waals surface area contributed by atoms with E-state index in [4.69, 9.17) is 19.6 Å². The lowest BCUT2D eigenvalue weighted by molar-refractivity contribution is 0.0751. The molecule has 0 amide bonds. The molecule has 2 aliphatic heterocycles. The Bertz CT molecular complexity index is 1160. The molecule has 3 heterocycles. The Morgan fingerprint density at radius 1 is 1.19 bits per heavy atom. The van der Waals surface area contributed by atoms with Crippen molar-refractivity contribution in [1.29, 1.82) is 5.41 Å². The van der Waals surface area contributed by atoms with Gasteiger partial charge in [0.2, 0.25) is 0 Å². The Morgan fingerprint density at radius 2 is 1.97 bits per heavy atom. The highest BCUT2D eigenvalue weighted by Crippen LogP contribution is 2.34. The number of hydrogen-bond donors (Lipinski definition) is 2. The minimum absolute atomic E-state index is 0.151. The minimum Gasteiger partial charge on any atom is -0.510 e. The number of methoxy groups -OCH3 is 1. The van der Waals surface area contributed by atoms with Gasteiger partial charge < -0.3 is 24.2 Å². The van der Waals surface area contributed by atoms with Crippen LogP contribution in [0.15, 0.2) is 59.7 Å². The number of hydrogen-bond acceptors (Lipinski definition) is 7. The number of fused-ring (bicyclic) bond motifs is 1. The third-order valence-electron chi connectivity index (χ3n) is 5.28. The van der Waals surface area contributed by atoms with Crippen LogP contribution in [0.2, 0.25) is 0 Å². The monoisotopic (exact) mass is 435 g/mol. The summed E-state index contributed by atoms with van der Waals surface area (Å²) in [6.45, 7) is 1.10. The molecule has 0 unspecified atom stereocenters. The minimum atomic E-state index is -0.228. The van der Waals surface area contributed by atoms with Gasteiger partial charge in [-0.1, -0.05) is 12.1 Å². The average molecular weight is 436 g/mol. The molecular formula is C23H21N3O4S. The first-order valence-electron chi connectivity index (χ1n) is 9.87. The molecule has 0 fully saturated rings. The largest absolute Gasteiger partial charge is 0.510 e. The van der Waals surface area contributed by atoms with E-state index in [-0.39, 0.29) is 24.2 Å². The smallest absolute Gasteiger partial charge is 0.161 e. The Kier molecular flexibility index (Phi) is 4.99. The number of amidine groups is 1. The van der Waals surface area contributed by atoms with Gasteiger partial charge in [0.25, 0.3) is 0 Å². The van der Waals surface area contributed by atoms with Crippen LogP contribution in [0.3, 0.4) is 0 Å². The van der Waals surface area contributed by atoms with Gasteiger partial charge in [-0.3, -0.25) is 5.41 Å². The number of aromatic nitrogens is 1. The molecule has 8 heteroatoms. The van der Waals surface area contributed by atoms with Crippen LogP contribution in [0.5, 0.6) is 17.2 Å². The Labute approximate surface area is 183 Å². The number of benzene rings is 2. The zero-order valence-electron chi connectivity index (χ0n) is 16.9. The van der Waals surface area contributed by atoms with Gasteiger partial charge in [-0.25, -0.2) is 4.98 Å². The Morgan fingerprint density at radius 3 is 2.74 bits per heavy atom. The number of nitrogens with one attached hydrogen (secondary N) is 1. The summed E-state index contributed by atoms with van der Waals surface area (Å²) in [5.74, 6) is 2.61. The van der Waals surface area contributed by atoms with E-state index in [9.17, 15) is 5.11 Å². The Balaban J connectivity index is 1.30. The molecule has 2 aromatic carbocycles. The summed E-state index contributed by atoms with van der Waals surface area (Å²) in [4.78, 5) is 6.46. The van der Waals surface area contributed by atoms with Crippen LogP contribution in [0.4, 0.5) is 0 Å². The van der Waals surface area contributed by atoms with Crippen molar-refractivity contribution in [3.63, 3.8) is 0 Å². The lowest BCUT2D eigenvalue weighted by atomic mass is 10.1. The van der Waals surface area contributed by atoms with Crippen LogP contribution < -0.4 is 14.2 Å². The number of aliphatic hydroxyl groups excluding tert-OH is 1. The Hall–Kier alpha value is -3.52. The van der Waals surface area contributed by atoms with Crippen molar-refractivity contribution in [3.8, 4) is 28.5 Å². The highest BCUT2D eigenvalue weighted by atomic mass is 32.1. The van der Waals surface area contributed by atoms with Gasteiger partial charge in [-0.2, -0.15) is 0 Å². The molecule has 2 aliphatic rings. The van der Waals surface area contributed by atoms with E-state index in [0.717, 1.165) is 22.8 Å². The van der Waals surface area contributed by atoms with Crippen LogP contribution in [0, 0.1) is 5.41 Å². The van der Waals surface area contributed by atoms with E-state index >= 15 is 0 Å². The number of aliphatic hydroxyl groups is 1. The number of thiazole rings is 1. The van der Waals surface area contributed by atoms with Crippen LogP contribution in [-0.2, 0) is 0 Å². The standard InChI is InChI=1S/C23H21N3O4S/c1-28-15-8-6-14(7-9-15)17-13-31-23(25-17)21-18(27)11-26(22(21)24)10-16-12-29-19-4-2-3-5-20(19)30-16/h2-9,13,16,24,27H,10-12H2,1H3/t16-/m0/s1. The van der Waals surface area contributed by atoms with Crippen molar-refractivity contribution in [3.05, 3.63) is 64.7 Å². The molecule has 0 spiro atoms. The van der Waals surface area contributed by atoms with Crippen LogP contribution in [-0.4, -0.2) is 53.7 Å². The van der Waals surface area contributed by atoms with Crippen LogP contribution in [0.1, 0.15) is 5.01 Å². The van der Waals surface area contributed by atoms with Crippen molar-refractivity contribution >= 4 is 22.7 Å². The summed E-state index contributed by atoms with van der Waals surface area (Å²) in [5.41, 5.74) is 2.23. The third kappa shape index (κ3) is 3.70. The molecule has 3 aromatic rings. The lowest BCUT2D eigenvalue weighted by Gasteiger charge is -2.30. The van der Waals surface area contributed by atoms with Gasteiger partial charge in [0.1, 0.15) is 29.0 Å². The molecule has 2 N–H and O–H groups in total. The molecule has 0 bridgehead atoms. The summed E-state index contributed by atoms with van der Waals surface area (Å²) in [7, 11) is 1.63. The molecule has 7 nitrogen and oxygen atoms in total. The maximum absolute atomic E-state index is 10.6. The van der Waals surface area contributed by atoms with Crippen molar-refractivity contribution in [1.82, 2.24) is 9.88 Å². The van der Waals surface area contributed by atoms with E-state index in [1.54, 1.807) is 12.0 Å². The van der Waals surface area contributed by atoms with Gasteiger partial charge in [-0.05, 0) is 36.4 Å². The summed E-state index contributed by atoms with van der Waals surface area (Å²) < 4.78 is 17.0. The summed E-state index contributed by atoms with van der Waals surface area (Å²) in [6, 6.07) is 15.2. The average Bonchev–Trinajstić information content (AvgIpc) is 3.38. The second kappa shape index (κ2) is 7.96. The maximum Gasteiger partial charge on any atom is 0.161 e. The molecule has 31 heavy (non-hydrogen) atoms. The van der Waals surface area contributed by atoms with E-state index in [1.807, 2.05) is 53.9 Å². The maximum atomic E-state index is 10.6. The fourth-order valence-electron chi connectivity index (χ4n) is 3.70. The zero-order chi connectivity index (χ0) is 21.4. The second-order valence-electron chi connectivity index (χ2n) is 7.31. The van der Waals surface area contributed by atoms with Gasteiger partial charge in [0, 0.05) is 10.9 Å². The second-order valence-corrected chi connectivity index (χ2v) is 8.17. The number of rotatable bonds is 5. The van der Waals surface area contributed by atoms with Gasteiger partial charge in [0.15, 0.2) is 17.6 Å². The summed E-state index contributed by atoms with van der Waals surface area (Å²) >= 11 is 1.41. The van der Waals surface area contributed by atoms with Gasteiger partial charge in [0.05, 0.1) is 31.5 Å². The predicted molar refractivity (Wildman–Crippen MR) is 119 cm³/mol. The normalized spacial score (nSPS) is 17.9. The van der Waals surface area contributed by atoms with Crippen LogP contribution in [0.25, 0.3) is 16.8 Å². The quantitative estimate of drug-likeness (QED) is 0.624. The molecule has 0 saturated heterocycles. The highest BCUT2D eigenvalue weighted by Gasteiger charge is 2.33. The molecule has 0 radical (unpaired) electrons. The topological polar surface area (TPSA) is 87.9 Å². The highest BCUT2D eigenvalue weighted by molar-refractivity contribution is 7.11. The SMILES string of the molecule is COc1ccc(-c2csc(C3=C(O)CN(C[C@H]4COc5ccccc5O4)C3=N)n2)cc1. The summed E-state index contributed by atoms with van der Waals surface area (Å²) in [6.07, 6.45) is -0.228. The predicted octanol–water partition coefficient (Wildman–Crippen LogP) is 4.22. The third-order valence-corrected chi connectivity index (χ3v) is 6.14. The van der Waals surface area contributed by atoms with Crippen molar-refractivity contribution in [2.75, 3.05) is 26.8 Å². The molecule has 1 atom stereocenters. The van der Waals surface area contributed by atoms with Crippen molar-refractivity contribution in [2.45, 2.75) is 6.10 Å². The van der Waals surface area contributed by atoms with E-state index in [2.05, 4.69) is 4.98 Å². The number of nitrogens with zero attached hydrogens (tertiary/aromatic N) is 2. The van der Waals surface area contributed by atoms with Crippen molar-refractivity contribution < 1.29 is 19.3 Å². The molecule has 0 aliphatic carbocycles. The fraction of sp³-hybridized carbons (Fsp3) is 0.217. The fourth-order valence-corrected chi connectivity index (χ4v) is 4.59. The van der Waals surface area contributed by atoms with E-state index < -0.39 is 0 Å². The first kappa shape index (κ1) is 19.4. The first-order valence-corrected chi connectivity index (χ1v) is 10.7. The zero-order valence-corrected chi connectivity index (χ0v) is 17.7. The molecule has 0 saturated carbocycles. The first-order chi connectivity index (χ1) is 15.1. The van der Waals surface area contributed by atoms with E-state index in [0.29, 0.717) is 29.5 Å². The van der Waals surface area contributed by atoms with Gasteiger partial charge in [-0.15, -0.1) is 11.3 Å². The van der Waals surface area contributed by atoms with Crippen LogP contribution >= 0.6 is 11.3 Å². The molecular weight excluding hydrogens is 414 g/mol. The van der Waals surface area contributed by atoms with Gasteiger partial charge >= 0.3 is 0 Å². The summed E-state index contributed by atoms with van der Waals surface area (Å²) in [5, 5.41) is 21.8. The molecule has 5 rings (SSSR count). The number of para-hydroxylation sites is 2. The lowest BCUT2D eigenvalue weighted by Crippen LogP contribution is -2.42. The van der Waals surface area contributed by atoms with E-state index in [1.165, 1.54) is 11.3 Å². The molecule has 158 valence electrons. The van der Waals surface area contributed by atoms with Crippen molar-refractivity contribution in [2.24, 2.45) is 0 Å². The number of ether oxygens (including phenoxy) is 3.